The fourth-order valence-electron chi connectivity index (χ4n) is 1.02. The molecule has 0 radical (unpaired) electrons. The highest BCUT2D eigenvalue weighted by atomic mass is 16.5. The largest absolute Gasteiger partial charge is 0.465 e. The van der Waals surface area contributed by atoms with Crippen molar-refractivity contribution >= 4 is 6.47 Å². The Morgan fingerprint density at radius 3 is 2.67 bits per heavy atom. The fourth-order valence-corrected chi connectivity index (χ4v) is 1.02. The minimum absolute atomic E-state index is 0.0602. The first-order valence-electron chi connectivity index (χ1n) is 4.39. The van der Waals surface area contributed by atoms with Crippen molar-refractivity contribution in [1.82, 2.24) is 0 Å². The molecular formula is C9H18O3. The molecule has 0 aliphatic heterocycles. The summed E-state index contributed by atoms with van der Waals surface area (Å²) in [6, 6.07) is 0. The molecule has 0 aliphatic rings. The van der Waals surface area contributed by atoms with Crippen LogP contribution in [0.4, 0.5) is 0 Å². The molecule has 0 fully saturated rings. The number of ether oxygens (including phenoxy) is 2. The van der Waals surface area contributed by atoms with Crippen molar-refractivity contribution in [1.29, 1.82) is 0 Å². The van der Waals surface area contributed by atoms with E-state index in [0.29, 0.717) is 6.47 Å². The van der Waals surface area contributed by atoms with Crippen molar-refractivity contribution in [3.63, 3.8) is 0 Å². The van der Waals surface area contributed by atoms with Gasteiger partial charge in [0.15, 0.2) is 0 Å². The molecule has 0 bridgehead atoms. The molecule has 0 heterocycles. The zero-order valence-corrected chi connectivity index (χ0v) is 7.91. The number of carbonyl (C=O) groups excluding carboxylic acids is 1. The maximum Gasteiger partial charge on any atom is 0.293 e. The lowest BCUT2D eigenvalue weighted by Gasteiger charge is -2.08. The second kappa shape index (κ2) is 8.53. The van der Waals surface area contributed by atoms with Gasteiger partial charge in [0.1, 0.15) is 0 Å². The second-order valence-corrected chi connectivity index (χ2v) is 2.89. The summed E-state index contributed by atoms with van der Waals surface area (Å²) in [5.41, 5.74) is 0. The van der Waals surface area contributed by atoms with Crippen molar-refractivity contribution in [2.75, 3.05) is 13.7 Å². The van der Waals surface area contributed by atoms with E-state index in [4.69, 9.17) is 9.47 Å². The van der Waals surface area contributed by atoms with Gasteiger partial charge in [-0.15, -0.1) is 0 Å². The minimum atomic E-state index is 0.0602. The van der Waals surface area contributed by atoms with Crippen LogP contribution in [0.15, 0.2) is 0 Å². The van der Waals surface area contributed by atoms with Gasteiger partial charge < -0.3 is 9.47 Å². The van der Waals surface area contributed by atoms with Crippen LogP contribution in [0.5, 0.6) is 0 Å². The Labute approximate surface area is 74.0 Å². The van der Waals surface area contributed by atoms with Gasteiger partial charge in [0, 0.05) is 13.7 Å². The number of methoxy groups -OCH3 is 1. The SMILES string of the molecule is COCCCCCC(C)OC=O. The fraction of sp³-hybridized carbons (Fsp3) is 0.889. The standard InChI is InChI=1S/C9H18O3/c1-9(12-8-10)6-4-3-5-7-11-2/h8-9H,3-7H2,1-2H3. The van der Waals surface area contributed by atoms with Crippen molar-refractivity contribution in [3.05, 3.63) is 0 Å². The Morgan fingerprint density at radius 2 is 2.08 bits per heavy atom. The summed E-state index contributed by atoms with van der Waals surface area (Å²) in [6.45, 7) is 3.24. The number of carbonyl (C=O) groups is 1. The van der Waals surface area contributed by atoms with Crippen molar-refractivity contribution < 1.29 is 14.3 Å². The summed E-state index contributed by atoms with van der Waals surface area (Å²) in [6.07, 6.45) is 4.33. The third-order valence-corrected chi connectivity index (χ3v) is 1.75. The molecule has 0 rings (SSSR count). The quantitative estimate of drug-likeness (QED) is 0.415. The maximum atomic E-state index is 9.91. The molecule has 0 aromatic rings. The van der Waals surface area contributed by atoms with Crippen molar-refractivity contribution in [2.24, 2.45) is 0 Å². The Morgan fingerprint density at radius 1 is 1.33 bits per heavy atom. The average molecular weight is 174 g/mol. The molecule has 0 spiro atoms. The van der Waals surface area contributed by atoms with Gasteiger partial charge in [0.05, 0.1) is 6.10 Å². The molecule has 3 nitrogen and oxygen atoms in total. The molecule has 72 valence electrons. The number of hydrogen-bond acceptors (Lipinski definition) is 3. The van der Waals surface area contributed by atoms with Crippen LogP contribution in [0.2, 0.25) is 0 Å². The summed E-state index contributed by atoms with van der Waals surface area (Å²) < 4.78 is 9.65. The van der Waals surface area contributed by atoms with Crippen LogP contribution in [0, 0.1) is 0 Å². The Bertz CT molecular complexity index is 104. The molecule has 0 amide bonds. The molecule has 1 unspecified atom stereocenters. The highest BCUT2D eigenvalue weighted by Gasteiger charge is 1.99. The van der Waals surface area contributed by atoms with E-state index >= 15 is 0 Å². The van der Waals surface area contributed by atoms with Crippen molar-refractivity contribution in [3.8, 4) is 0 Å². The molecule has 3 heteroatoms. The van der Waals surface area contributed by atoms with E-state index in [-0.39, 0.29) is 6.10 Å². The number of unbranched alkanes of at least 4 members (excludes halogenated alkanes) is 2. The van der Waals surface area contributed by atoms with E-state index in [1.54, 1.807) is 7.11 Å². The zero-order valence-electron chi connectivity index (χ0n) is 7.91. The predicted molar refractivity (Wildman–Crippen MR) is 47.0 cm³/mol. The predicted octanol–water partition coefficient (Wildman–Crippen LogP) is 1.75. The van der Waals surface area contributed by atoms with Gasteiger partial charge in [-0.1, -0.05) is 6.42 Å². The van der Waals surface area contributed by atoms with Crippen LogP contribution in [0.1, 0.15) is 32.6 Å². The first kappa shape index (κ1) is 11.4. The topological polar surface area (TPSA) is 35.5 Å². The Kier molecular flexibility index (Phi) is 8.12. The molecule has 0 N–H and O–H groups in total. The molecule has 0 saturated carbocycles. The third kappa shape index (κ3) is 7.54. The summed E-state index contributed by atoms with van der Waals surface area (Å²) in [7, 11) is 1.71. The average Bonchev–Trinajstić information content (AvgIpc) is 2.05. The van der Waals surface area contributed by atoms with E-state index < -0.39 is 0 Å². The van der Waals surface area contributed by atoms with Gasteiger partial charge in [-0.3, -0.25) is 4.79 Å². The van der Waals surface area contributed by atoms with Gasteiger partial charge in [0.2, 0.25) is 0 Å². The van der Waals surface area contributed by atoms with Crippen LogP contribution < -0.4 is 0 Å². The van der Waals surface area contributed by atoms with Crippen LogP contribution >= 0.6 is 0 Å². The van der Waals surface area contributed by atoms with Gasteiger partial charge >= 0.3 is 0 Å². The first-order chi connectivity index (χ1) is 5.81. The Hall–Kier alpha value is -0.570. The summed E-state index contributed by atoms with van der Waals surface area (Å²) in [5, 5.41) is 0. The number of rotatable bonds is 8. The highest BCUT2D eigenvalue weighted by molar-refractivity contribution is 5.37. The molecule has 0 aliphatic carbocycles. The summed E-state index contributed by atoms with van der Waals surface area (Å²) in [5.74, 6) is 0. The lowest BCUT2D eigenvalue weighted by atomic mass is 10.1. The second-order valence-electron chi connectivity index (χ2n) is 2.89. The van der Waals surface area contributed by atoms with E-state index in [9.17, 15) is 4.79 Å². The zero-order chi connectivity index (χ0) is 9.23. The lowest BCUT2D eigenvalue weighted by Crippen LogP contribution is -2.06. The third-order valence-electron chi connectivity index (χ3n) is 1.75. The van der Waals surface area contributed by atoms with Gasteiger partial charge in [0.25, 0.3) is 6.47 Å². The maximum absolute atomic E-state index is 9.91. The van der Waals surface area contributed by atoms with E-state index in [1.807, 2.05) is 6.92 Å². The number of hydrogen-bond donors (Lipinski definition) is 0. The summed E-state index contributed by atoms with van der Waals surface area (Å²) >= 11 is 0. The van der Waals surface area contributed by atoms with Crippen molar-refractivity contribution in [2.45, 2.75) is 38.7 Å². The van der Waals surface area contributed by atoms with E-state index in [1.165, 1.54) is 0 Å². The van der Waals surface area contributed by atoms with E-state index in [2.05, 4.69) is 0 Å². The molecule has 12 heavy (non-hydrogen) atoms. The normalized spacial score (nSPS) is 12.5. The van der Waals surface area contributed by atoms with Crippen LogP contribution in [-0.4, -0.2) is 26.3 Å². The minimum Gasteiger partial charge on any atom is -0.465 e. The van der Waals surface area contributed by atoms with Crippen LogP contribution in [0.3, 0.4) is 0 Å². The monoisotopic (exact) mass is 174 g/mol. The van der Waals surface area contributed by atoms with Crippen LogP contribution in [0.25, 0.3) is 0 Å². The summed E-state index contributed by atoms with van der Waals surface area (Å²) in [4.78, 5) is 9.91. The van der Waals surface area contributed by atoms with Gasteiger partial charge in [-0.25, -0.2) is 0 Å². The van der Waals surface area contributed by atoms with E-state index in [0.717, 1.165) is 32.3 Å². The smallest absolute Gasteiger partial charge is 0.293 e. The molecule has 0 saturated heterocycles. The lowest BCUT2D eigenvalue weighted by molar-refractivity contribution is -0.133. The first-order valence-corrected chi connectivity index (χ1v) is 4.39. The molecule has 0 aromatic carbocycles. The molecule has 0 aromatic heterocycles. The molecular weight excluding hydrogens is 156 g/mol. The highest BCUT2D eigenvalue weighted by Crippen LogP contribution is 2.05. The van der Waals surface area contributed by atoms with Crippen LogP contribution in [-0.2, 0) is 14.3 Å². The Balaban J connectivity index is 3.02. The molecule has 1 atom stereocenters. The van der Waals surface area contributed by atoms with Gasteiger partial charge in [-0.05, 0) is 26.2 Å². The van der Waals surface area contributed by atoms with Gasteiger partial charge in [-0.2, -0.15) is 0 Å².